The van der Waals surface area contributed by atoms with Gasteiger partial charge in [0.15, 0.2) is 11.5 Å². The van der Waals surface area contributed by atoms with Gasteiger partial charge >= 0.3 is 0 Å². The van der Waals surface area contributed by atoms with E-state index in [4.69, 9.17) is 4.74 Å². The van der Waals surface area contributed by atoms with Crippen molar-refractivity contribution in [2.24, 2.45) is 0 Å². The highest BCUT2D eigenvalue weighted by Crippen LogP contribution is 2.30. The van der Waals surface area contributed by atoms with Crippen LogP contribution in [0.1, 0.15) is 18.4 Å². The lowest BCUT2D eigenvalue weighted by Gasteiger charge is -2.19. The van der Waals surface area contributed by atoms with Crippen LogP contribution in [0.2, 0.25) is 0 Å². The first kappa shape index (κ1) is 19.1. The van der Waals surface area contributed by atoms with Gasteiger partial charge in [0, 0.05) is 42.3 Å². The zero-order chi connectivity index (χ0) is 21.4. The van der Waals surface area contributed by atoms with Crippen LogP contribution in [-0.4, -0.2) is 33.9 Å². The SMILES string of the molecule is COc1ccc(-c2cnc3c(Nc4ccc(N5CCCC5=O)c(C)c4)nccn23)cc1. The molecule has 0 bridgehead atoms. The van der Waals surface area contributed by atoms with Crippen LogP contribution >= 0.6 is 0 Å². The van der Waals surface area contributed by atoms with Gasteiger partial charge in [-0.05, 0) is 61.4 Å². The second kappa shape index (κ2) is 7.75. The van der Waals surface area contributed by atoms with Gasteiger partial charge in [-0.25, -0.2) is 9.97 Å². The lowest BCUT2D eigenvalue weighted by Crippen LogP contribution is -2.24. The highest BCUT2D eigenvalue weighted by molar-refractivity contribution is 5.96. The van der Waals surface area contributed by atoms with Gasteiger partial charge in [-0.2, -0.15) is 0 Å². The lowest BCUT2D eigenvalue weighted by molar-refractivity contribution is -0.117. The van der Waals surface area contributed by atoms with Gasteiger partial charge in [-0.3, -0.25) is 9.20 Å². The van der Waals surface area contributed by atoms with Crippen LogP contribution in [0, 0.1) is 6.92 Å². The summed E-state index contributed by atoms with van der Waals surface area (Å²) in [6.45, 7) is 2.81. The number of carbonyl (C=O) groups excluding carboxylic acids is 1. The number of anilines is 3. The first-order valence-electron chi connectivity index (χ1n) is 10.3. The van der Waals surface area contributed by atoms with E-state index in [1.807, 2.05) is 71.1 Å². The van der Waals surface area contributed by atoms with Gasteiger partial charge in [0.25, 0.3) is 0 Å². The third-order valence-corrected chi connectivity index (χ3v) is 5.64. The molecule has 3 heterocycles. The Bertz CT molecular complexity index is 1260. The summed E-state index contributed by atoms with van der Waals surface area (Å²) in [6.07, 6.45) is 7.05. The Morgan fingerprint density at radius 1 is 1.10 bits per heavy atom. The average Bonchev–Trinajstić information content (AvgIpc) is 3.41. The van der Waals surface area contributed by atoms with Gasteiger partial charge in [0.1, 0.15) is 5.75 Å². The van der Waals surface area contributed by atoms with E-state index in [0.717, 1.165) is 52.6 Å². The van der Waals surface area contributed by atoms with Crippen molar-refractivity contribution in [1.82, 2.24) is 14.4 Å². The quantitative estimate of drug-likeness (QED) is 0.518. The normalized spacial score (nSPS) is 13.7. The third kappa shape index (κ3) is 3.48. The van der Waals surface area contributed by atoms with Crippen molar-refractivity contribution in [2.45, 2.75) is 19.8 Å². The Morgan fingerprint density at radius 2 is 1.94 bits per heavy atom. The number of nitrogens with zero attached hydrogens (tertiary/aromatic N) is 4. The molecule has 0 saturated carbocycles. The molecule has 1 aliphatic heterocycles. The Morgan fingerprint density at radius 3 is 2.65 bits per heavy atom. The number of rotatable bonds is 5. The monoisotopic (exact) mass is 413 g/mol. The molecule has 7 heteroatoms. The summed E-state index contributed by atoms with van der Waals surface area (Å²) in [5.74, 6) is 1.68. The van der Waals surface area contributed by atoms with Crippen LogP contribution in [0.5, 0.6) is 5.75 Å². The molecule has 2 aromatic heterocycles. The maximum atomic E-state index is 12.1. The summed E-state index contributed by atoms with van der Waals surface area (Å²) in [5.41, 5.74) is 5.69. The molecule has 0 atom stereocenters. The fraction of sp³-hybridized carbons (Fsp3) is 0.208. The van der Waals surface area contributed by atoms with Crippen LogP contribution in [0.4, 0.5) is 17.2 Å². The molecule has 31 heavy (non-hydrogen) atoms. The third-order valence-electron chi connectivity index (χ3n) is 5.64. The zero-order valence-corrected chi connectivity index (χ0v) is 17.5. The molecule has 1 fully saturated rings. The molecule has 1 N–H and O–H groups in total. The topological polar surface area (TPSA) is 71.8 Å². The average molecular weight is 413 g/mol. The summed E-state index contributed by atoms with van der Waals surface area (Å²) >= 11 is 0. The number of hydrogen-bond donors (Lipinski definition) is 1. The molecule has 0 radical (unpaired) electrons. The van der Waals surface area contributed by atoms with E-state index in [1.54, 1.807) is 13.3 Å². The molecule has 1 saturated heterocycles. The van der Waals surface area contributed by atoms with E-state index in [2.05, 4.69) is 15.3 Å². The van der Waals surface area contributed by atoms with Crippen LogP contribution in [-0.2, 0) is 4.79 Å². The van der Waals surface area contributed by atoms with Crippen molar-refractivity contribution in [3.63, 3.8) is 0 Å². The van der Waals surface area contributed by atoms with Crippen molar-refractivity contribution in [3.8, 4) is 17.0 Å². The van der Waals surface area contributed by atoms with Crippen molar-refractivity contribution in [2.75, 3.05) is 23.9 Å². The maximum Gasteiger partial charge on any atom is 0.227 e. The molecule has 2 aromatic carbocycles. The lowest BCUT2D eigenvalue weighted by atomic mass is 10.1. The summed E-state index contributed by atoms with van der Waals surface area (Å²) < 4.78 is 7.27. The molecule has 1 amide bonds. The Kier molecular flexibility index (Phi) is 4.78. The predicted molar refractivity (Wildman–Crippen MR) is 121 cm³/mol. The number of ether oxygens (including phenoxy) is 1. The van der Waals surface area contributed by atoms with Gasteiger partial charge in [-0.1, -0.05) is 0 Å². The molecule has 0 aliphatic carbocycles. The summed E-state index contributed by atoms with van der Waals surface area (Å²) in [7, 11) is 1.66. The number of fused-ring (bicyclic) bond motifs is 1. The second-order valence-corrected chi connectivity index (χ2v) is 7.62. The van der Waals surface area contributed by atoms with Gasteiger partial charge < -0.3 is 15.0 Å². The van der Waals surface area contributed by atoms with E-state index >= 15 is 0 Å². The minimum atomic E-state index is 0.193. The van der Waals surface area contributed by atoms with E-state index < -0.39 is 0 Å². The van der Waals surface area contributed by atoms with Gasteiger partial charge in [0.2, 0.25) is 5.91 Å². The Labute approximate surface area is 180 Å². The van der Waals surface area contributed by atoms with E-state index in [0.29, 0.717) is 12.2 Å². The minimum Gasteiger partial charge on any atom is -0.497 e. The highest BCUT2D eigenvalue weighted by Gasteiger charge is 2.23. The maximum absolute atomic E-state index is 12.1. The fourth-order valence-electron chi connectivity index (χ4n) is 4.06. The van der Waals surface area contributed by atoms with Crippen LogP contribution in [0.3, 0.4) is 0 Å². The molecular formula is C24H23N5O2. The van der Waals surface area contributed by atoms with E-state index in [-0.39, 0.29) is 5.91 Å². The van der Waals surface area contributed by atoms with E-state index in [1.165, 1.54) is 0 Å². The molecule has 1 aliphatic rings. The van der Waals surface area contributed by atoms with Crippen molar-refractivity contribution in [1.29, 1.82) is 0 Å². The van der Waals surface area contributed by atoms with E-state index in [9.17, 15) is 4.79 Å². The molecule has 0 spiro atoms. The van der Waals surface area contributed by atoms with Crippen LogP contribution < -0.4 is 15.0 Å². The number of hydrogen-bond acceptors (Lipinski definition) is 5. The largest absolute Gasteiger partial charge is 0.497 e. The summed E-state index contributed by atoms with van der Waals surface area (Å²) in [4.78, 5) is 23.1. The zero-order valence-electron chi connectivity index (χ0n) is 17.5. The highest BCUT2D eigenvalue weighted by atomic mass is 16.5. The molecule has 4 aromatic rings. The van der Waals surface area contributed by atoms with Crippen LogP contribution in [0.25, 0.3) is 16.9 Å². The molecule has 7 nitrogen and oxygen atoms in total. The van der Waals surface area contributed by atoms with Crippen molar-refractivity contribution < 1.29 is 9.53 Å². The number of carbonyl (C=O) groups is 1. The predicted octanol–water partition coefficient (Wildman–Crippen LogP) is 4.58. The number of methoxy groups -OCH3 is 1. The standard InChI is InChI=1S/C24H23N5O2/c1-16-14-18(7-10-20(16)28-12-3-4-22(28)30)27-23-24-26-15-21(29(24)13-11-25-23)17-5-8-19(31-2)9-6-17/h5-11,13-15H,3-4,12H2,1-2H3,(H,25,27). The minimum absolute atomic E-state index is 0.193. The molecule has 156 valence electrons. The number of imidazole rings is 1. The fourth-order valence-corrected chi connectivity index (χ4v) is 4.06. The molecule has 5 rings (SSSR count). The second-order valence-electron chi connectivity index (χ2n) is 7.62. The van der Waals surface area contributed by atoms with Crippen molar-refractivity contribution >= 4 is 28.7 Å². The number of nitrogens with one attached hydrogen (secondary N) is 1. The molecule has 0 unspecified atom stereocenters. The molecular weight excluding hydrogens is 390 g/mol. The first-order valence-corrected chi connectivity index (χ1v) is 10.3. The van der Waals surface area contributed by atoms with Gasteiger partial charge in [0.05, 0.1) is 19.0 Å². The first-order chi connectivity index (χ1) is 15.1. The number of benzene rings is 2. The van der Waals surface area contributed by atoms with Gasteiger partial charge in [-0.15, -0.1) is 0 Å². The number of amides is 1. The van der Waals surface area contributed by atoms with Crippen molar-refractivity contribution in [3.05, 3.63) is 66.6 Å². The number of aromatic nitrogens is 3. The summed E-state index contributed by atoms with van der Waals surface area (Å²) in [6, 6.07) is 13.9. The summed E-state index contributed by atoms with van der Waals surface area (Å²) in [5, 5.41) is 3.38. The number of aryl methyl sites for hydroxylation is 1. The van der Waals surface area contributed by atoms with Crippen LogP contribution in [0.15, 0.2) is 61.1 Å². The Balaban J connectivity index is 1.45. The smallest absolute Gasteiger partial charge is 0.227 e. The Hall–Kier alpha value is -3.87.